The molecule has 2 N–H and O–H groups in total. The van der Waals surface area contributed by atoms with E-state index in [1.54, 1.807) is 60.7 Å². The Bertz CT molecular complexity index is 1350. The first-order chi connectivity index (χ1) is 17.0. The van der Waals surface area contributed by atoms with Crippen LogP contribution in [0.15, 0.2) is 73.3 Å². The molecule has 4 atom stereocenters. The Morgan fingerprint density at radius 3 is 2.43 bits per heavy atom. The summed E-state index contributed by atoms with van der Waals surface area (Å²) in [6.07, 6.45) is -3.22. The van der Waals surface area contributed by atoms with Crippen LogP contribution in [-0.2, 0) is 9.47 Å². The van der Waals surface area contributed by atoms with Crippen molar-refractivity contribution in [3.05, 3.63) is 84.4 Å². The lowest BCUT2D eigenvalue weighted by atomic mass is 10.1. The van der Waals surface area contributed by atoms with Crippen molar-refractivity contribution in [2.75, 3.05) is 11.9 Å². The number of amides is 1. The maximum Gasteiger partial charge on any atom is 0.338 e. The number of anilines is 1. The van der Waals surface area contributed by atoms with Crippen molar-refractivity contribution in [1.82, 2.24) is 19.5 Å². The van der Waals surface area contributed by atoms with Gasteiger partial charge in [0.1, 0.15) is 25.1 Å². The van der Waals surface area contributed by atoms with Gasteiger partial charge in [0.15, 0.2) is 29.4 Å². The minimum Gasteiger partial charge on any atom is -0.459 e. The number of aliphatic hydroxyl groups is 1. The van der Waals surface area contributed by atoms with Crippen LogP contribution in [0, 0.1) is 0 Å². The summed E-state index contributed by atoms with van der Waals surface area (Å²) < 4.78 is 27.0. The summed E-state index contributed by atoms with van der Waals surface area (Å²) in [6, 6.07) is 16.9. The largest absolute Gasteiger partial charge is 0.459 e. The highest BCUT2D eigenvalue weighted by Gasteiger charge is 2.46. The summed E-state index contributed by atoms with van der Waals surface area (Å²) in [4.78, 5) is 37.2. The molecule has 0 unspecified atom stereocenters. The van der Waals surface area contributed by atoms with E-state index >= 15 is 0 Å². The fourth-order valence-corrected chi connectivity index (χ4v) is 3.79. The number of ether oxygens (including phenoxy) is 2. The van der Waals surface area contributed by atoms with Crippen LogP contribution in [-0.4, -0.2) is 61.5 Å². The van der Waals surface area contributed by atoms with Crippen molar-refractivity contribution in [3.8, 4) is 0 Å². The zero-order chi connectivity index (χ0) is 24.4. The van der Waals surface area contributed by atoms with E-state index in [4.69, 9.17) is 9.47 Å². The molecule has 35 heavy (non-hydrogen) atoms. The quantitative estimate of drug-likeness (QED) is 0.406. The highest BCUT2D eigenvalue weighted by Crippen LogP contribution is 2.34. The number of benzene rings is 2. The van der Waals surface area contributed by atoms with Crippen molar-refractivity contribution < 1.29 is 28.6 Å². The Kier molecular flexibility index (Phi) is 6.17. The van der Waals surface area contributed by atoms with Gasteiger partial charge >= 0.3 is 5.97 Å². The molecule has 10 nitrogen and oxygen atoms in total. The molecule has 1 aliphatic rings. The molecule has 2 aromatic carbocycles. The second-order valence-electron chi connectivity index (χ2n) is 7.83. The summed E-state index contributed by atoms with van der Waals surface area (Å²) in [5.74, 6) is -0.861. The first-order valence-corrected chi connectivity index (χ1v) is 10.8. The standard InChI is InChI=1S/C24H20FN5O5/c25-17-16(11-34-24(33)15-9-5-2-6-10-15)35-23(19(17)31)30-13-28-18-20(26-12-27-21(18)30)29-22(32)14-7-3-1-4-8-14/h1-10,12-13,16-17,19,23,31H,11H2,(H,26,27,29,32)/t16-,17+,19-,23-/m0/s1. The number of rotatable bonds is 6. The number of esters is 1. The topological polar surface area (TPSA) is 128 Å². The maximum absolute atomic E-state index is 14.8. The lowest BCUT2D eigenvalue weighted by Crippen LogP contribution is -2.31. The number of hydrogen-bond acceptors (Lipinski definition) is 8. The molecule has 2 aromatic heterocycles. The number of aromatic nitrogens is 4. The first-order valence-electron chi connectivity index (χ1n) is 10.8. The number of fused-ring (bicyclic) bond motifs is 1. The third kappa shape index (κ3) is 4.46. The number of nitrogens with zero attached hydrogens (tertiary/aromatic N) is 4. The number of hydrogen-bond donors (Lipinski definition) is 2. The fourth-order valence-electron chi connectivity index (χ4n) is 3.79. The molecule has 0 aliphatic carbocycles. The molecule has 0 saturated carbocycles. The number of alkyl halides is 1. The first kappa shape index (κ1) is 22.6. The van der Waals surface area contributed by atoms with Crippen molar-refractivity contribution in [1.29, 1.82) is 0 Å². The van der Waals surface area contributed by atoms with E-state index in [9.17, 15) is 19.1 Å². The van der Waals surface area contributed by atoms with Crippen molar-refractivity contribution in [2.24, 2.45) is 0 Å². The molecule has 3 heterocycles. The summed E-state index contributed by atoms with van der Waals surface area (Å²) >= 11 is 0. The number of nitrogens with one attached hydrogen (secondary N) is 1. The molecular weight excluding hydrogens is 457 g/mol. The van der Waals surface area contributed by atoms with Gasteiger partial charge in [-0.1, -0.05) is 36.4 Å². The van der Waals surface area contributed by atoms with Crippen LogP contribution < -0.4 is 5.32 Å². The molecule has 11 heteroatoms. The maximum atomic E-state index is 14.8. The normalized spacial score (nSPS) is 21.7. The molecule has 1 amide bonds. The second kappa shape index (κ2) is 9.57. The minimum atomic E-state index is -1.82. The van der Waals surface area contributed by atoms with E-state index < -0.39 is 30.6 Å². The predicted molar refractivity (Wildman–Crippen MR) is 121 cm³/mol. The minimum absolute atomic E-state index is 0.153. The number of carbonyl (C=O) groups excluding carboxylic acids is 2. The van der Waals surface area contributed by atoms with E-state index in [2.05, 4.69) is 20.3 Å². The monoisotopic (exact) mass is 477 g/mol. The molecule has 0 bridgehead atoms. The zero-order valence-corrected chi connectivity index (χ0v) is 18.2. The van der Waals surface area contributed by atoms with Crippen LogP contribution in [0.5, 0.6) is 0 Å². The smallest absolute Gasteiger partial charge is 0.338 e. The lowest BCUT2D eigenvalue weighted by Gasteiger charge is -2.16. The van der Waals surface area contributed by atoms with E-state index in [1.807, 2.05) is 0 Å². The molecule has 5 rings (SSSR count). The second-order valence-corrected chi connectivity index (χ2v) is 7.83. The van der Waals surface area contributed by atoms with Gasteiger partial charge in [0.25, 0.3) is 5.91 Å². The number of aliphatic hydroxyl groups excluding tert-OH is 1. The van der Waals surface area contributed by atoms with Crippen LogP contribution in [0.2, 0.25) is 0 Å². The van der Waals surface area contributed by atoms with Crippen LogP contribution in [0.25, 0.3) is 11.2 Å². The van der Waals surface area contributed by atoms with Gasteiger partial charge in [-0.2, -0.15) is 0 Å². The summed E-state index contributed by atoms with van der Waals surface area (Å²) in [7, 11) is 0. The van der Waals surface area contributed by atoms with Crippen molar-refractivity contribution in [3.63, 3.8) is 0 Å². The van der Waals surface area contributed by atoms with E-state index in [0.717, 1.165) is 0 Å². The molecule has 1 aliphatic heterocycles. The molecule has 178 valence electrons. The lowest BCUT2D eigenvalue weighted by molar-refractivity contribution is -0.0544. The average Bonchev–Trinajstić information content (AvgIpc) is 3.45. The Morgan fingerprint density at radius 1 is 1.03 bits per heavy atom. The fraction of sp³-hybridized carbons (Fsp3) is 0.208. The van der Waals surface area contributed by atoms with E-state index in [0.29, 0.717) is 11.1 Å². The third-order valence-corrected chi connectivity index (χ3v) is 5.58. The Labute approximate surface area is 198 Å². The van der Waals surface area contributed by atoms with Crippen LogP contribution >= 0.6 is 0 Å². The van der Waals surface area contributed by atoms with Gasteiger partial charge in [-0.3, -0.25) is 9.36 Å². The Hall–Kier alpha value is -4.22. The van der Waals surface area contributed by atoms with Gasteiger partial charge in [-0.25, -0.2) is 24.1 Å². The van der Waals surface area contributed by atoms with Crippen molar-refractivity contribution >= 4 is 28.9 Å². The molecule has 0 radical (unpaired) electrons. The highest BCUT2D eigenvalue weighted by atomic mass is 19.1. The van der Waals surface area contributed by atoms with Crippen LogP contribution in [0.4, 0.5) is 10.2 Å². The zero-order valence-electron chi connectivity index (χ0n) is 18.2. The average molecular weight is 477 g/mol. The number of imidazole rings is 1. The van der Waals surface area contributed by atoms with E-state index in [1.165, 1.54) is 17.2 Å². The number of carbonyl (C=O) groups is 2. The SMILES string of the molecule is O=C(Nc1ncnc2c1ncn2[C@H]1O[C@@H](COC(=O)c2ccccc2)[C@@H](F)[C@@H]1O)c1ccccc1. The molecule has 0 spiro atoms. The number of halogens is 1. The van der Waals surface area contributed by atoms with Crippen LogP contribution in [0.1, 0.15) is 26.9 Å². The van der Waals surface area contributed by atoms with Gasteiger partial charge < -0.3 is 19.9 Å². The van der Waals surface area contributed by atoms with Gasteiger partial charge in [0.05, 0.1) is 11.9 Å². The van der Waals surface area contributed by atoms with Crippen LogP contribution in [0.3, 0.4) is 0 Å². The molecule has 1 saturated heterocycles. The van der Waals surface area contributed by atoms with E-state index in [-0.39, 0.29) is 29.5 Å². The summed E-state index contributed by atoms with van der Waals surface area (Å²) in [6.45, 7) is -0.386. The molecule has 1 fully saturated rings. The highest BCUT2D eigenvalue weighted by molar-refractivity contribution is 6.06. The third-order valence-electron chi connectivity index (χ3n) is 5.58. The van der Waals surface area contributed by atoms with Gasteiger partial charge in [-0.05, 0) is 24.3 Å². The summed E-state index contributed by atoms with van der Waals surface area (Å²) in [5.41, 5.74) is 1.21. The van der Waals surface area contributed by atoms with Gasteiger partial charge in [0.2, 0.25) is 0 Å². The Morgan fingerprint density at radius 2 is 1.71 bits per heavy atom. The summed E-state index contributed by atoms with van der Waals surface area (Å²) in [5, 5.41) is 13.2. The Balaban J connectivity index is 1.32. The molecule has 4 aromatic rings. The predicted octanol–water partition coefficient (Wildman–Crippen LogP) is 2.53. The van der Waals surface area contributed by atoms with Gasteiger partial charge in [0, 0.05) is 5.56 Å². The van der Waals surface area contributed by atoms with Gasteiger partial charge in [-0.15, -0.1) is 0 Å². The van der Waals surface area contributed by atoms with Crippen molar-refractivity contribution in [2.45, 2.75) is 24.6 Å². The molecular formula is C24H20FN5O5.